The second kappa shape index (κ2) is 18.3. The second-order valence-corrected chi connectivity index (χ2v) is 14.1. The summed E-state index contributed by atoms with van der Waals surface area (Å²) in [5.74, 6) is 1.38. The van der Waals surface area contributed by atoms with E-state index >= 15 is 0 Å². The van der Waals surface area contributed by atoms with Crippen LogP contribution < -0.4 is 36.9 Å². The Morgan fingerprint density at radius 3 is 1.75 bits per heavy atom. The van der Waals surface area contributed by atoms with Crippen molar-refractivity contribution in [3.05, 3.63) is 83.2 Å². The van der Waals surface area contributed by atoms with Gasteiger partial charge in [0, 0.05) is 44.1 Å². The molecule has 7 N–H and O–H groups in total. The summed E-state index contributed by atoms with van der Waals surface area (Å²) in [6.45, 7) is 8.54. The molecule has 1 amide bonds. The van der Waals surface area contributed by atoms with E-state index in [0.717, 1.165) is 38.8 Å². The normalized spacial score (nSPS) is 16.9. The molecule has 0 spiro atoms. The number of methoxy groups -OCH3 is 2. The highest BCUT2D eigenvalue weighted by molar-refractivity contribution is 6.13. The fraction of sp³-hybridized carbons (Fsp3) is 0.410. The van der Waals surface area contributed by atoms with Crippen molar-refractivity contribution in [2.45, 2.75) is 64.1 Å². The standard InChI is InChI=1S/C22H29N5O4.C17H21N5O2/c1-22(2,3)31-21(29)27-11-7-8-14(13-27)25-20-24-12-16(19(23)26-20)18(28)15-9-5-6-10-17(15)30-4;1-24-14-7-3-2-6-12(14)15(23)13-10-20-17(22-16(13)18)21-11-5-4-8-19-9-11/h5-6,9-10,12,14H,7-8,11,13H2,1-4H3,(H3,23,24,25,26);2-3,6-7,10-11,19H,4-5,8-9H2,1H3,(H3,18,20,21,22). The van der Waals surface area contributed by atoms with Crippen molar-refractivity contribution < 1.29 is 28.6 Å². The molecule has 2 aromatic carbocycles. The first-order valence-corrected chi connectivity index (χ1v) is 18.2. The smallest absolute Gasteiger partial charge is 0.410 e. The minimum absolute atomic E-state index is 0.0450. The van der Waals surface area contributed by atoms with Gasteiger partial charge in [0.1, 0.15) is 28.7 Å². The number of nitrogens with zero attached hydrogens (tertiary/aromatic N) is 5. The predicted octanol–water partition coefficient (Wildman–Crippen LogP) is 4.57. The van der Waals surface area contributed by atoms with E-state index in [1.54, 1.807) is 53.4 Å². The van der Waals surface area contributed by atoms with Crippen molar-refractivity contribution in [2.75, 3.05) is 62.5 Å². The van der Waals surface area contributed by atoms with Crippen LogP contribution in [0.3, 0.4) is 0 Å². The topological polar surface area (TPSA) is 222 Å². The first-order chi connectivity index (χ1) is 26.4. The zero-order valence-corrected chi connectivity index (χ0v) is 31.9. The van der Waals surface area contributed by atoms with Gasteiger partial charge in [-0.3, -0.25) is 9.59 Å². The van der Waals surface area contributed by atoms with Gasteiger partial charge in [-0.25, -0.2) is 14.8 Å². The summed E-state index contributed by atoms with van der Waals surface area (Å²) in [4.78, 5) is 56.6. The first kappa shape index (κ1) is 40.2. The van der Waals surface area contributed by atoms with E-state index in [9.17, 15) is 14.4 Å². The number of nitrogen functional groups attached to an aromatic ring is 2. The summed E-state index contributed by atoms with van der Waals surface area (Å²) in [5, 5.41) is 9.78. The molecule has 16 heteroatoms. The van der Waals surface area contributed by atoms with Gasteiger partial charge in [-0.2, -0.15) is 9.97 Å². The number of rotatable bonds is 10. The van der Waals surface area contributed by atoms with Crippen LogP contribution in [0.25, 0.3) is 0 Å². The number of nitrogens with one attached hydrogen (secondary N) is 3. The van der Waals surface area contributed by atoms with Crippen LogP contribution >= 0.6 is 0 Å². The van der Waals surface area contributed by atoms with Gasteiger partial charge in [0.2, 0.25) is 23.5 Å². The number of para-hydroxylation sites is 2. The number of anilines is 4. The molecule has 16 nitrogen and oxygen atoms in total. The summed E-state index contributed by atoms with van der Waals surface area (Å²) < 4.78 is 15.9. The van der Waals surface area contributed by atoms with Crippen LogP contribution in [-0.4, -0.2) is 101 Å². The number of aromatic nitrogens is 4. The van der Waals surface area contributed by atoms with Crippen LogP contribution in [0.1, 0.15) is 78.3 Å². The van der Waals surface area contributed by atoms with E-state index in [1.165, 1.54) is 26.6 Å². The number of ether oxygens (including phenoxy) is 3. The minimum Gasteiger partial charge on any atom is -0.496 e. The molecule has 2 aromatic heterocycles. The molecule has 0 aliphatic carbocycles. The van der Waals surface area contributed by atoms with Crippen molar-refractivity contribution in [2.24, 2.45) is 0 Å². The van der Waals surface area contributed by atoms with Gasteiger partial charge in [0.05, 0.1) is 36.5 Å². The highest BCUT2D eigenvalue weighted by atomic mass is 16.6. The Bertz CT molecular complexity index is 1960. The number of hydrogen-bond donors (Lipinski definition) is 5. The van der Waals surface area contributed by atoms with Gasteiger partial charge in [0.25, 0.3) is 0 Å². The van der Waals surface area contributed by atoms with Gasteiger partial charge in [0.15, 0.2) is 0 Å². The van der Waals surface area contributed by atoms with Crippen molar-refractivity contribution in [1.82, 2.24) is 30.2 Å². The second-order valence-electron chi connectivity index (χ2n) is 14.1. The number of likely N-dealkylation sites (tertiary alicyclic amines) is 1. The third-order valence-electron chi connectivity index (χ3n) is 8.87. The Labute approximate surface area is 320 Å². The van der Waals surface area contributed by atoms with Crippen LogP contribution in [0.4, 0.5) is 28.3 Å². The number of hydrogen-bond acceptors (Lipinski definition) is 15. The number of carbonyl (C=O) groups excluding carboxylic acids is 3. The quantitative estimate of drug-likeness (QED) is 0.140. The largest absolute Gasteiger partial charge is 0.496 e. The number of carbonyl (C=O) groups is 3. The Morgan fingerprint density at radius 2 is 1.27 bits per heavy atom. The summed E-state index contributed by atoms with van der Waals surface area (Å²) in [5.41, 5.74) is 12.8. The molecule has 2 aliphatic rings. The molecule has 2 saturated heterocycles. The number of amides is 1. The lowest BCUT2D eigenvalue weighted by Gasteiger charge is -2.34. The van der Waals surface area contributed by atoms with E-state index in [4.69, 9.17) is 25.7 Å². The molecular weight excluding hydrogens is 704 g/mol. The minimum atomic E-state index is -0.543. The average molecular weight is 755 g/mol. The van der Waals surface area contributed by atoms with Crippen molar-refractivity contribution in [3.8, 4) is 11.5 Å². The molecule has 6 rings (SSSR count). The lowest BCUT2D eigenvalue weighted by molar-refractivity contribution is 0.0206. The third kappa shape index (κ3) is 10.8. The molecule has 2 unspecified atom stereocenters. The van der Waals surface area contributed by atoms with Gasteiger partial charge < -0.3 is 46.5 Å². The maximum atomic E-state index is 12.9. The van der Waals surface area contributed by atoms with Gasteiger partial charge in [-0.15, -0.1) is 0 Å². The van der Waals surface area contributed by atoms with Crippen LogP contribution in [-0.2, 0) is 4.74 Å². The van der Waals surface area contributed by atoms with E-state index in [-0.39, 0.29) is 52.5 Å². The van der Waals surface area contributed by atoms with Gasteiger partial charge >= 0.3 is 6.09 Å². The molecule has 0 bridgehead atoms. The molecule has 55 heavy (non-hydrogen) atoms. The molecular formula is C39H50N10O6. The Hall–Kier alpha value is -6.03. The molecule has 0 saturated carbocycles. The van der Waals surface area contributed by atoms with Crippen LogP contribution in [0, 0.1) is 0 Å². The van der Waals surface area contributed by atoms with Crippen molar-refractivity contribution in [3.63, 3.8) is 0 Å². The molecule has 0 radical (unpaired) electrons. The fourth-order valence-electron chi connectivity index (χ4n) is 6.16. The molecule has 2 atom stereocenters. The fourth-order valence-corrected chi connectivity index (χ4v) is 6.16. The Morgan fingerprint density at radius 1 is 0.764 bits per heavy atom. The van der Waals surface area contributed by atoms with Gasteiger partial charge in [-0.1, -0.05) is 24.3 Å². The molecule has 4 aromatic rings. The summed E-state index contributed by atoms with van der Waals surface area (Å²) in [6, 6.07) is 14.1. The molecule has 2 aliphatic heterocycles. The van der Waals surface area contributed by atoms with Crippen LogP contribution in [0.2, 0.25) is 0 Å². The highest BCUT2D eigenvalue weighted by Gasteiger charge is 2.28. The highest BCUT2D eigenvalue weighted by Crippen LogP contribution is 2.25. The first-order valence-electron chi connectivity index (χ1n) is 18.2. The van der Waals surface area contributed by atoms with Crippen LogP contribution in [0.15, 0.2) is 60.9 Å². The van der Waals surface area contributed by atoms with E-state index < -0.39 is 5.60 Å². The number of nitrogens with two attached hydrogens (primary N) is 2. The number of ketones is 2. The van der Waals surface area contributed by atoms with E-state index in [0.29, 0.717) is 47.6 Å². The Balaban J connectivity index is 0.000000218. The predicted molar refractivity (Wildman–Crippen MR) is 210 cm³/mol. The lowest BCUT2D eigenvalue weighted by Crippen LogP contribution is -2.47. The average Bonchev–Trinajstić information content (AvgIpc) is 3.17. The maximum Gasteiger partial charge on any atom is 0.410 e. The van der Waals surface area contributed by atoms with E-state index in [2.05, 4.69) is 35.9 Å². The summed E-state index contributed by atoms with van der Waals surface area (Å²) >= 11 is 0. The Kier molecular flexibility index (Phi) is 13.4. The number of benzene rings is 2. The molecule has 292 valence electrons. The summed E-state index contributed by atoms with van der Waals surface area (Å²) in [6.07, 6.45) is 6.39. The SMILES string of the molecule is COc1ccccc1C(=O)c1cnc(NC2CCCN(C(=O)OC(C)(C)C)C2)nc1N.COc1ccccc1C(=O)c1cnc(NC2CCCNC2)nc1N. The monoisotopic (exact) mass is 754 g/mol. The number of piperidine rings is 2. The molecule has 2 fully saturated rings. The third-order valence-corrected chi connectivity index (χ3v) is 8.87. The zero-order valence-electron chi connectivity index (χ0n) is 31.9. The maximum absolute atomic E-state index is 12.9. The molecule has 4 heterocycles. The van der Waals surface area contributed by atoms with Crippen molar-refractivity contribution in [1.29, 1.82) is 0 Å². The van der Waals surface area contributed by atoms with Crippen molar-refractivity contribution >= 4 is 41.2 Å². The van der Waals surface area contributed by atoms with Gasteiger partial charge in [-0.05, 0) is 77.3 Å². The van der Waals surface area contributed by atoms with Crippen LogP contribution in [0.5, 0.6) is 11.5 Å². The summed E-state index contributed by atoms with van der Waals surface area (Å²) in [7, 11) is 3.03. The van der Waals surface area contributed by atoms with E-state index in [1.807, 2.05) is 20.8 Å². The lowest BCUT2D eigenvalue weighted by atomic mass is 10.0. The zero-order chi connectivity index (χ0) is 39.5.